The maximum Gasteiger partial charge on any atom is 0.331 e. The van der Waals surface area contributed by atoms with Gasteiger partial charge in [-0.2, -0.15) is 0 Å². The monoisotopic (exact) mass is 616 g/mol. The number of fused-ring (bicyclic) bond motifs is 2. The molecular weight excluding hydrogens is 580 g/mol. The first-order chi connectivity index (χ1) is 22.0. The molecule has 234 valence electrons. The number of pyridine rings is 2. The smallest absolute Gasteiger partial charge is 0.331 e. The highest BCUT2D eigenvalue weighted by Crippen LogP contribution is 2.53. The first kappa shape index (κ1) is 28.6. The summed E-state index contributed by atoms with van der Waals surface area (Å²) in [6, 6.07) is 11.6. The van der Waals surface area contributed by atoms with Gasteiger partial charge in [-0.15, -0.1) is 0 Å². The molecule has 11 nitrogen and oxygen atoms in total. The van der Waals surface area contributed by atoms with Crippen LogP contribution in [0.25, 0.3) is 16.6 Å². The highest BCUT2D eigenvalue weighted by atomic mass is 16.3. The number of anilines is 2. The number of carbonyl (C=O) groups excluding carboxylic acids is 2. The second kappa shape index (κ2) is 10.3. The van der Waals surface area contributed by atoms with Crippen molar-refractivity contribution in [3.8, 4) is 0 Å². The van der Waals surface area contributed by atoms with Crippen molar-refractivity contribution in [3.05, 3.63) is 89.0 Å². The third kappa shape index (κ3) is 5.04. The van der Waals surface area contributed by atoms with E-state index in [-0.39, 0.29) is 30.3 Å². The van der Waals surface area contributed by atoms with Gasteiger partial charge in [0.15, 0.2) is 5.65 Å². The number of imide groups is 1. The number of aromatic nitrogens is 5. The summed E-state index contributed by atoms with van der Waals surface area (Å²) in [6.07, 6.45) is 9.04. The Bertz CT molecular complexity index is 2060. The molecule has 5 heterocycles. The fraction of sp³-hybridized carbons (Fsp3) is 0.371. The molecule has 2 N–H and O–H groups in total. The summed E-state index contributed by atoms with van der Waals surface area (Å²) >= 11 is 0. The highest BCUT2D eigenvalue weighted by Gasteiger charge is 2.43. The maximum atomic E-state index is 12.9. The third-order valence-electron chi connectivity index (χ3n) is 9.41. The fourth-order valence-corrected chi connectivity index (χ4v) is 6.56. The lowest BCUT2D eigenvalue weighted by molar-refractivity contribution is -0.123. The molecule has 8 rings (SSSR count). The van der Waals surface area contributed by atoms with E-state index in [1.165, 1.54) is 11.9 Å². The van der Waals surface area contributed by atoms with E-state index < -0.39 is 5.60 Å². The molecule has 46 heavy (non-hydrogen) atoms. The molecule has 0 bridgehead atoms. The van der Waals surface area contributed by atoms with Crippen LogP contribution in [0, 0.1) is 6.92 Å². The van der Waals surface area contributed by atoms with Gasteiger partial charge >= 0.3 is 6.03 Å². The number of carbonyl (C=O) groups is 2. The molecular formula is C35H36N8O3. The number of nitrogens with one attached hydrogen (secondary N) is 1. The molecule has 1 aliphatic heterocycles. The summed E-state index contributed by atoms with van der Waals surface area (Å²) in [4.78, 5) is 47.0. The summed E-state index contributed by atoms with van der Waals surface area (Å²) in [5.41, 5.74) is 6.65. The minimum Gasteiger partial charge on any atom is -0.386 e. The molecule has 1 aromatic carbocycles. The Morgan fingerprint density at radius 3 is 2.57 bits per heavy atom. The number of benzene rings is 1. The Morgan fingerprint density at radius 1 is 1.02 bits per heavy atom. The van der Waals surface area contributed by atoms with Crippen molar-refractivity contribution in [2.24, 2.45) is 0 Å². The molecule has 3 fully saturated rings. The molecule has 5 aromatic rings. The number of nitrogens with zero attached hydrogens (tertiary/aromatic N) is 7. The van der Waals surface area contributed by atoms with Crippen molar-refractivity contribution in [1.29, 1.82) is 0 Å². The SMILES string of the molecule is Cc1ccnc([C@H]2C[C@@H]2c2cc(C(C)(C)O)c3ccc(NCc4cn5cc(C6CC6)cc(N6CC(=O)N(C)C6=O)c5n4)cc3n2)n1. The lowest BCUT2D eigenvalue weighted by Crippen LogP contribution is -2.30. The molecule has 0 radical (unpaired) electrons. The largest absolute Gasteiger partial charge is 0.386 e. The first-order valence-electron chi connectivity index (χ1n) is 15.8. The normalized spacial score (nSPS) is 19.9. The topological polar surface area (TPSA) is 129 Å². The molecule has 2 atom stereocenters. The molecule has 0 unspecified atom stereocenters. The number of aryl methyl sites for hydroxylation is 1. The molecule has 11 heteroatoms. The molecule has 1 saturated heterocycles. The van der Waals surface area contributed by atoms with Gasteiger partial charge < -0.3 is 14.8 Å². The van der Waals surface area contributed by atoms with E-state index in [1.54, 1.807) is 0 Å². The number of urea groups is 1. The number of likely N-dealkylation sites (N-methyl/N-ethyl adjacent to an activating group) is 1. The van der Waals surface area contributed by atoms with E-state index in [4.69, 9.17) is 9.97 Å². The Hall–Kier alpha value is -4.90. The van der Waals surface area contributed by atoms with Gasteiger partial charge in [-0.3, -0.25) is 19.6 Å². The lowest BCUT2D eigenvalue weighted by Gasteiger charge is -2.21. The van der Waals surface area contributed by atoms with Crippen LogP contribution in [-0.2, 0) is 16.9 Å². The number of imidazole rings is 1. The zero-order chi connectivity index (χ0) is 31.9. The summed E-state index contributed by atoms with van der Waals surface area (Å²) < 4.78 is 1.98. The van der Waals surface area contributed by atoms with Crippen LogP contribution in [0.5, 0.6) is 0 Å². The minimum atomic E-state index is -1.04. The van der Waals surface area contributed by atoms with E-state index in [1.807, 2.05) is 74.0 Å². The van der Waals surface area contributed by atoms with Gasteiger partial charge in [0.25, 0.3) is 0 Å². The van der Waals surface area contributed by atoms with E-state index >= 15 is 0 Å². The molecule has 3 aliphatic rings. The van der Waals surface area contributed by atoms with Crippen LogP contribution >= 0.6 is 0 Å². The van der Waals surface area contributed by atoms with E-state index in [0.29, 0.717) is 23.8 Å². The minimum absolute atomic E-state index is 0.0118. The molecule has 2 saturated carbocycles. The Balaban J connectivity index is 1.09. The molecule has 3 amide bonds. The quantitative estimate of drug-likeness (QED) is 0.223. The molecule has 4 aromatic heterocycles. The van der Waals surface area contributed by atoms with Crippen molar-refractivity contribution in [2.75, 3.05) is 23.8 Å². The summed E-state index contributed by atoms with van der Waals surface area (Å²) in [5, 5.41) is 15.5. The number of hydrogen-bond donors (Lipinski definition) is 2. The van der Waals surface area contributed by atoms with Crippen LogP contribution in [0.15, 0.2) is 55.0 Å². The predicted molar refractivity (Wildman–Crippen MR) is 174 cm³/mol. The summed E-state index contributed by atoms with van der Waals surface area (Å²) in [7, 11) is 1.51. The van der Waals surface area contributed by atoms with Gasteiger partial charge in [0.2, 0.25) is 5.91 Å². The number of hydrogen-bond acceptors (Lipinski definition) is 8. The van der Waals surface area contributed by atoms with Crippen LogP contribution < -0.4 is 10.2 Å². The predicted octanol–water partition coefficient (Wildman–Crippen LogP) is 5.37. The Morgan fingerprint density at radius 2 is 1.85 bits per heavy atom. The second-order valence-electron chi connectivity index (χ2n) is 13.5. The standard InChI is InChI=1S/C35H36N8O3/c1-19-9-10-36-32(38-19)26-13-25(26)29-14-27(35(2,3)46)24-8-7-22(12-28(24)40-29)37-15-23-17-42-16-21(20-5-6-20)11-30(33(42)39-23)43-18-31(44)41(4)34(43)45/h7-12,14,16-17,20,25-26,37,46H,5-6,13,15,18H2,1-4H3/t25-,26-/m0/s1. The van der Waals surface area contributed by atoms with Crippen LogP contribution in [0.2, 0.25) is 0 Å². The number of rotatable bonds is 8. The van der Waals surface area contributed by atoms with Crippen LogP contribution in [0.4, 0.5) is 16.2 Å². The van der Waals surface area contributed by atoms with Crippen LogP contribution in [0.1, 0.15) is 84.9 Å². The van der Waals surface area contributed by atoms with Crippen LogP contribution in [0.3, 0.4) is 0 Å². The fourth-order valence-electron chi connectivity index (χ4n) is 6.56. The van der Waals surface area contributed by atoms with Crippen molar-refractivity contribution >= 4 is 39.9 Å². The van der Waals surface area contributed by atoms with E-state index in [2.05, 4.69) is 21.5 Å². The average molecular weight is 617 g/mol. The average Bonchev–Trinajstić information content (AvgIpc) is 3.96. The second-order valence-corrected chi connectivity index (χ2v) is 13.5. The third-order valence-corrected chi connectivity index (χ3v) is 9.41. The maximum absolute atomic E-state index is 12.9. The summed E-state index contributed by atoms with van der Waals surface area (Å²) in [5.74, 6) is 1.51. The zero-order valence-corrected chi connectivity index (χ0v) is 26.4. The van der Waals surface area contributed by atoms with Gasteiger partial charge in [-0.25, -0.2) is 19.7 Å². The molecule has 2 aliphatic carbocycles. The Kier molecular flexibility index (Phi) is 6.40. The first-order valence-corrected chi connectivity index (χ1v) is 15.8. The van der Waals surface area contributed by atoms with Gasteiger partial charge in [-0.05, 0) is 87.4 Å². The zero-order valence-electron chi connectivity index (χ0n) is 26.4. The van der Waals surface area contributed by atoms with Gasteiger partial charge in [0, 0.05) is 59.9 Å². The van der Waals surface area contributed by atoms with Crippen LogP contribution in [-0.4, -0.2) is 59.9 Å². The lowest BCUT2D eigenvalue weighted by atomic mass is 9.93. The van der Waals surface area contributed by atoms with Gasteiger partial charge in [-0.1, -0.05) is 6.07 Å². The van der Waals surface area contributed by atoms with E-state index in [9.17, 15) is 14.7 Å². The van der Waals surface area contributed by atoms with Gasteiger partial charge in [0.1, 0.15) is 12.4 Å². The van der Waals surface area contributed by atoms with Crippen molar-refractivity contribution in [1.82, 2.24) is 29.2 Å². The van der Waals surface area contributed by atoms with E-state index in [0.717, 1.165) is 74.8 Å². The van der Waals surface area contributed by atoms with Crippen molar-refractivity contribution < 1.29 is 14.7 Å². The van der Waals surface area contributed by atoms with Crippen molar-refractivity contribution in [2.45, 2.75) is 69.9 Å². The molecule has 0 spiro atoms. The van der Waals surface area contributed by atoms with Gasteiger partial charge in [0.05, 0.1) is 29.0 Å². The number of aliphatic hydroxyl groups is 1. The van der Waals surface area contributed by atoms with Crippen molar-refractivity contribution in [3.63, 3.8) is 0 Å². The highest BCUT2D eigenvalue weighted by molar-refractivity contribution is 6.13. The number of amides is 3. The summed E-state index contributed by atoms with van der Waals surface area (Å²) in [6.45, 7) is 6.05. The Labute approximate surface area is 266 Å².